The number of piperidine rings is 3. The first-order chi connectivity index (χ1) is 16.5. The van der Waals surface area contributed by atoms with Crippen LogP contribution in [-0.2, 0) is 9.53 Å². The van der Waals surface area contributed by atoms with E-state index < -0.39 is 0 Å². The maximum Gasteiger partial charge on any atom is 0.303 e. The van der Waals surface area contributed by atoms with Crippen molar-refractivity contribution in [1.82, 2.24) is 4.98 Å². The smallest absolute Gasteiger partial charge is 0.303 e. The number of ketones is 1. The van der Waals surface area contributed by atoms with Crippen molar-refractivity contribution < 1.29 is 35.8 Å². The molecule has 0 aliphatic carbocycles. The number of thiazole rings is 1. The first-order valence-corrected chi connectivity index (χ1v) is 12.6. The summed E-state index contributed by atoms with van der Waals surface area (Å²) in [5.41, 5.74) is 2.41. The standard InChI is InChI=1S/C14H19N2O3S.C13H13N.BrH/c1-10(17)19-13-9-16(5-2-11(13)3-6-16)8-12(18)14-15-4-7-20-14;1-14(12-8-4-2-5-9-12)13-10-6-3-7-11-13;/h4,7,11,13H,2-3,5-6,8-9H2,1H3;2-11H,1H3;1H/q+1;;/p-1. The summed E-state index contributed by atoms with van der Waals surface area (Å²) in [4.78, 5) is 29.8. The van der Waals surface area contributed by atoms with Crippen LogP contribution >= 0.6 is 11.3 Å². The molecule has 4 heterocycles. The average molecular weight is 559 g/mol. The van der Waals surface area contributed by atoms with Gasteiger partial charge in [-0.25, -0.2) is 4.98 Å². The number of hydrogen-bond donors (Lipinski definition) is 0. The van der Waals surface area contributed by atoms with Crippen molar-refractivity contribution in [2.45, 2.75) is 25.9 Å². The third-order valence-electron chi connectivity index (χ3n) is 6.80. The SMILES string of the molecule is CC(=O)OC1C[N+]2(CC(=O)c3nccs3)CCC1CC2.CN(c1ccccc1)c1ccccc1.[Br-]. The minimum atomic E-state index is -0.215. The number of fused-ring (bicyclic) bond motifs is 3. The lowest BCUT2D eigenvalue weighted by molar-refractivity contribution is -0.938. The van der Waals surface area contributed by atoms with Gasteiger partial charge in [-0.3, -0.25) is 9.59 Å². The summed E-state index contributed by atoms with van der Waals surface area (Å²) < 4.78 is 6.20. The molecule has 0 saturated carbocycles. The average Bonchev–Trinajstić information content (AvgIpc) is 3.41. The molecule has 186 valence electrons. The van der Waals surface area contributed by atoms with E-state index in [1.807, 2.05) is 17.5 Å². The maximum atomic E-state index is 12.3. The van der Waals surface area contributed by atoms with Gasteiger partial charge in [0.25, 0.3) is 0 Å². The van der Waals surface area contributed by atoms with Crippen LogP contribution in [-0.4, -0.2) is 60.6 Å². The Morgan fingerprint density at radius 2 is 1.60 bits per heavy atom. The van der Waals surface area contributed by atoms with Crippen LogP contribution < -0.4 is 21.9 Å². The number of nitrogens with zero attached hydrogens (tertiary/aromatic N) is 3. The molecular weight excluding hydrogens is 526 g/mol. The third-order valence-corrected chi connectivity index (χ3v) is 7.61. The number of halogens is 1. The summed E-state index contributed by atoms with van der Waals surface area (Å²) in [6.45, 7) is 4.75. The number of quaternary nitrogens is 1. The second-order valence-electron chi connectivity index (χ2n) is 9.11. The van der Waals surface area contributed by atoms with Crippen molar-refractivity contribution in [3.8, 4) is 0 Å². The molecule has 3 aliphatic heterocycles. The van der Waals surface area contributed by atoms with Crippen LogP contribution in [0.25, 0.3) is 0 Å². The van der Waals surface area contributed by atoms with Crippen LogP contribution in [0.3, 0.4) is 0 Å². The normalized spacial score (nSPS) is 22.2. The van der Waals surface area contributed by atoms with E-state index in [1.165, 1.54) is 29.6 Å². The highest BCUT2D eigenvalue weighted by atomic mass is 79.9. The Bertz CT molecular complexity index is 1030. The molecule has 6 nitrogen and oxygen atoms in total. The van der Waals surface area contributed by atoms with Gasteiger partial charge in [0.05, 0.1) is 13.1 Å². The highest BCUT2D eigenvalue weighted by molar-refractivity contribution is 7.11. The van der Waals surface area contributed by atoms with Gasteiger partial charge in [0.2, 0.25) is 5.78 Å². The number of Topliss-reactive ketones (excluding diaryl/α,β-unsaturated/α-hetero) is 1. The Hall–Kier alpha value is -2.55. The number of ether oxygens (including phenoxy) is 1. The molecule has 8 heteroatoms. The van der Waals surface area contributed by atoms with Gasteiger partial charge >= 0.3 is 5.97 Å². The van der Waals surface area contributed by atoms with Gasteiger partial charge in [-0.1, -0.05) is 36.4 Å². The van der Waals surface area contributed by atoms with E-state index in [4.69, 9.17) is 4.74 Å². The maximum absolute atomic E-state index is 12.3. The molecule has 3 aliphatic rings. The Balaban J connectivity index is 0.000000202. The van der Waals surface area contributed by atoms with E-state index in [-0.39, 0.29) is 34.8 Å². The predicted octanol–water partition coefficient (Wildman–Crippen LogP) is 1.96. The fraction of sp³-hybridized carbons (Fsp3) is 0.370. The molecule has 3 aromatic rings. The van der Waals surface area contributed by atoms with E-state index in [9.17, 15) is 9.59 Å². The van der Waals surface area contributed by atoms with Crippen LogP contribution in [0.15, 0.2) is 72.2 Å². The molecule has 1 aromatic heterocycles. The van der Waals surface area contributed by atoms with Gasteiger partial charge in [0.1, 0.15) is 13.1 Å². The Morgan fingerprint density at radius 3 is 2.09 bits per heavy atom. The van der Waals surface area contributed by atoms with Crippen molar-refractivity contribution in [2.24, 2.45) is 5.92 Å². The largest absolute Gasteiger partial charge is 1.00 e. The minimum Gasteiger partial charge on any atom is -1.00 e. The lowest BCUT2D eigenvalue weighted by Gasteiger charge is -2.51. The van der Waals surface area contributed by atoms with Crippen molar-refractivity contribution in [3.05, 3.63) is 77.2 Å². The number of anilines is 2. The molecular formula is C27H32BrN3O3S. The van der Waals surface area contributed by atoms with Crippen molar-refractivity contribution in [2.75, 3.05) is 38.1 Å². The number of rotatable bonds is 6. The van der Waals surface area contributed by atoms with E-state index in [2.05, 4.69) is 65.5 Å². The summed E-state index contributed by atoms with van der Waals surface area (Å²) >= 11 is 1.40. The second kappa shape index (κ2) is 12.4. The molecule has 1 unspecified atom stereocenters. The van der Waals surface area contributed by atoms with E-state index in [0.717, 1.165) is 37.0 Å². The topological polar surface area (TPSA) is 59.5 Å². The highest BCUT2D eigenvalue weighted by Gasteiger charge is 2.48. The Kier molecular flexibility index (Phi) is 9.60. The molecule has 1 atom stereocenters. The molecule has 6 rings (SSSR count). The zero-order chi connectivity index (χ0) is 24.0. The molecule has 0 N–H and O–H groups in total. The fourth-order valence-electron chi connectivity index (χ4n) is 4.98. The molecule has 2 aromatic carbocycles. The lowest BCUT2D eigenvalue weighted by Crippen LogP contribution is -3.00. The number of aromatic nitrogens is 1. The van der Waals surface area contributed by atoms with Gasteiger partial charge < -0.3 is 31.1 Å². The highest BCUT2D eigenvalue weighted by Crippen LogP contribution is 2.35. The zero-order valence-electron chi connectivity index (χ0n) is 20.2. The zero-order valence-corrected chi connectivity index (χ0v) is 22.6. The molecule has 0 radical (unpaired) electrons. The van der Waals surface area contributed by atoms with Crippen LogP contribution in [0.4, 0.5) is 11.4 Å². The van der Waals surface area contributed by atoms with Gasteiger partial charge in [-0.2, -0.15) is 0 Å². The molecule has 3 saturated heterocycles. The monoisotopic (exact) mass is 557 g/mol. The van der Waals surface area contributed by atoms with E-state index >= 15 is 0 Å². The van der Waals surface area contributed by atoms with Crippen molar-refractivity contribution in [3.63, 3.8) is 0 Å². The van der Waals surface area contributed by atoms with Crippen LogP contribution in [0.5, 0.6) is 0 Å². The summed E-state index contributed by atoms with van der Waals surface area (Å²) in [6.07, 6.45) is 3.74. The van der Waals surface area contributed by atoms with Crippen molar-refractivity contribution in [1.29, 1.82) is 0 Å². The molecule has 3 fully saturated rings. The van der Waals surface area contributed by atoms with Crippen molar-refractivity contribution >= 4 is 34.5 Å². The summed E-state index contributed by atoms with van der Waals surface area (Å²) in [6, 6.07) is 20.7. The van der Waals surface area contributed by atoms with Gasteiger partial charge in [0.15, 0.2) is 11.1 Å². The number of para-hydroxylation sites is 2. The molecule has 35 heavy (non-hydrogen) atoms. The predicted molar refractivity (Wildman–Crippen MR) is 135 cm³/mol. The van der Waals surface area contributed by atoms with Crippen LogP contribution in [0.1, 0.15) is 29.6 Å². The number of hydrogen-bond acceptors (Lipinski definition) is 6. The molecule has 0 spiro atoms. The molecule has 2 bridgehead atoms. The van der Waals surface area contributed by atoms with Gasteiger partial charge in [-0.05, 0) is 24.3 Å². The number of benzene rings is 2. The Morgan fingerprint density at radius 1 is 1.03 bits per heavy atom. The van der Waals surface area contributed by atoms with Crippen LogP contribution in [0.2, 0.25) is 0 Å². The number of carbonyl (C=O) groups excluding carboxylic acids is 2. The fourth-order valence-corrected chi connectivity index (χ4v) is 5.54. The first-order valence-electron chi connectivity index (χ1n) is 11.7. The lowest BCUT2D eigenvalue weighted by atomic mass is 9.83. The van der Waals surface area contributed by atoms with E-state index in [0.29, 0.717) is 17.5 Å². The number of esters is 1. The number of carbonyl (C=O) groups is 2. The molecule has 0 amide bonds. The summed E-state index contributed by atoms with van der Waals surface area (Å²) in [7, 11) is 2.07. The second-order valence-corrected chi connectivity index (χ2v) is 10.00. The summed E-state index contributed by atoms with van der Waals surface area (Å²) in [5.74, 6) is 0.379. The Labute approximate surface area is 221 Å². The first kappa shape index (κ1) is 27.0. The van der Waals surface area contributed by atoms with Gasteiger partial charge in [0, 0.05) is 55.7 Å². The van der Waals surface area contributed by atoms with Crippen LogP contribution in [0, 0.1) is 5.92 Å². The minimum absolute atomic E-state index is 0. The summed E-state index contributed by atoms with van der Waals surface area (Å²) in [5, 5.41) is 2.42. The quantitative estimate of drug-likeness (QED) is 0.263. The van der Waals surface area contributed by atoms with E-state index in [1.54, 1.807) is 6.20 Å². The van der Waals surface area contributed by atoms with Gasteiger partial charge in [-0.15, -0.1) is 11.3 Å². The third kappa shape index (κ3) is 6.99.